The third kappa shape index (κ3) is 4.35. The van der Waals surface area contributed by atoms with Gasteiger partial charge in [-0.15, -0.1) is 11.8 Å². The maximum Gasteiger partial charge on any atom is 0.248 e. The van der Waals surface area contributed by atoms with Crippen molar-refractivity contribution in [2.45, 2.75) is 55.2 Å². The van der Waals surface area contributed by atoms with Crippen molar-refractivity contribution in [2.75, 3.05) is 17.2 Å². The summed E-state index contributed by atoms with van der Waals surface area (Å²) in [4.78, 5) is 44.5. The van der Waals surface area contributed by atoms with E-state index < -0.39 is 33.4 Å². The van der Waals surface area contributed by atoms with Crippen LogP contribution in [0, 0.1) is 25.7 Å². The molecule has 3 aliphatic heterocycles. The van der Waals surface area contributed by atoms with Gasteiger partial charge in [-0.1, -0.05) is 66.7 Å². The fourth-order valence-electron chi connectivity index (χ4n) is 7.37. The molecule has 6 rings (SSSR count). The van der Waals surface area contributed by atoms with Gasteiger partial charge in [0.15, 0.2) is 0 Å². The van der Waals surface area contributed by atoms with Gasteiger partial charge in [0, 0.05) is 16.1 Å². The number of amides is 3. The van der Waals surface area contributed by atoms with Crippen LogP contribution in [0.2, 0.25) is 0 Å². The van der Waals surface area contributed by atoms with Crippen LogP contribution < -0.4 is 10.6 Å². The Hall–Kier alpha value is -3.62. The summed E-state index contributed by atoms with van der Waals surface area (Å²) in [5.74, 6) is -2.06. The molecule has 3 N–H and O–H groups in total. The number of fused-ring (bicyclic) bond motifs is 1. The second kappa shape index (κ2) is 10.3. The van der Waals surface area contributed by atoms with Crippen LogP contribution in [-0.4, -0.2) is 49.9 Å². The quantitative estimate of drug-likeness (QED) is 0.368. The number of carbonyl (C=O) groups is 3. The number of likely N-dealkylation sites (tertiary alicyclic amines) is 1. The minimum Gasteiger partial charge on any atom is -0.394 e. The van der Waals surface area contributed by atoms with Crippen LogP contribution in [0.25, 0.3) is 0 Å². The Balaban J connectivity index is 1.44. The lowest BCUT2D eigenvalue weighted by Crippen LogP contribution is -2.52. The third-order valence-corrected chi connectivity index (χ3v) is 11.2. The highest BCUT2D eigenvalue weighted by Crippen LogP contribution is 2.72. The van der Waals surface area contributed by atoms with Crippen molar-refractivity contribution < 1.29 is 19.5 Å². The Morgan fingerprint density at radius 1 is 0.927 bits per heavy atom. The molecule has 0 saturated carbocycles. The predicted octanol–water partition coefficient (Wildman–Crippen LogP) is 5.10. The zero-order valence-electron chi connectivity index (χ0n) is 23.5. The van der Waals surface area contributed by atoms with Gasteiger partial charge in [0.1, 0.15) is 6.04 Å². The Labute approximate surface area is 244 Å². The summed E-state index contributed by atoms with van der Waals surface area (Å²) >= 11 is 1.62. The molecular formula is C33H35N3O4S. The number of para-hydroxylation sites is 2. The molecule has 3 aromatic rings. The minimum absolute atomic E-state index is 0.206. The Bertz CT molecular complexity index is 1480. The minimum atomic E-state index is -0.863. The SMILES string of the molecule is Cc1cccc(C)c1NC(=O)C1N([C@H](CO)c2ccccc2)C(=O)[C@@H]2[C@@H](C(=O)Nc3ccccc3)[C@@]3(C)CCC12S3. The Morgan fingerprint density at radius 3 is 2.20 bits per heavy atom. The van der Waals surface area contributed by atoms with E-state index in [-0.39, 0.29) is 24.3 Å². The Kier molecular flexibility index (Phi) is 6.94. The van der Waals surface area contributed by atoms with Gasteiger partial charge in [-0.05, 0) is 62.4 Å². The van der Waals surface area contributed by atoms with Gasteiger partial charge in [0.05, 0.1) is 29.2 Å². The third-order valence-electron chi connectivity index (χ3n) is 9.21. The molecule has 0 radical (unpaired) electrons. The van der Waals surface area contributed by atoms with Crippen molar-refractivity contribution in [3.63, 3.8) is 0 Å². The van der Waals surface area contributed by atoms with Crippen LogP contribution >= 0.6 is 11.8 Å². The molecule has 3 saturated heterocycles. The van der Waals surface area contributed by atoms with Crippen LogP contribution in [0.4, 0.5) is 11.4 Å². The number of rotatable bonds is 7. The standard InChI is InChI=1S/C33H35N3O4S/c1-20-11-10-12-21(2)27(20)35-30(39)28-33-18-17-32(3,41-33)25(29(38)34-23-15-8-5-9-16-23)26(33)31(40)36(28)24(19-37)22-13-6-4-7-14-22/h4-16,24-26,28,37H,17-19H2,1-3H3,(H,34,38)(H,35,39)/t24-,25+,26+,28?,32-,33?/m1/s1. The lowest BCUT2D eigenvalue weighted by molar-refractivity contribution is -0.141. The highest BCUT2D eigenvalue weighted by molar-refractivity contribution is 8.02. The summed E-state index contributed by atoms with van der Waals surface area (Å²) in [6.07, 6.45) is 1.35. The number of aryl methyl sites for hydroxylation is 2. The topological polar surface area (TPSA) is 98.7 Å². The number of nitrogens with zero attached hydrogens (tertiary/aromatic N) is 1. The van der Waals surface area contributed by atoms with Gasteiger partial charge < -0.3 is 20.6 Å². The molecule has 6 atom stereocenters. The summed E-state index contributed by atoms with van der Waals surface area (Å²) in [6, 6.07) is 22.9. The van der Waals surface area contributed by atoms with Gasteiger partial charge in [-0.2, -0.15) is 0 Å². The van der Waals surface area contributed by atoms with Crippen LogP contribution in [0.1, 0.15) is 42.5 Å². The summed E-state index contributed by atoms with van der Waals surface area (Å²) in [5.41, 5.74) is 4.01. The van der Waals surface area contributed by atoms with E-state index in [9.17, 15) is 19.5 Å². The zero-order valence-corrected chi connectivity index (χ0v) is 24.3. The van der Waals surface area contributed by atoms with Crippen LogP contribution in [-0.2, 0) is 14.4 Å². The average Bonchev–Trinajstić information content (AvgIpc) is 3.53. The molecular weight excluding hydrogens is 534 g/mol. The number of hydrogen-bond acceptors (Lipinski definition) is 5. The van der Waals surface area contributed by atoms with Gasteiger partial charge in [0.25, 0.3) is 0 Å². The smallest absolute Gasteiger partial charge is 0.248 e. The van der Waals surface area contributed by atoms with E-state index in [1.807, 2.05) is 92.7 Å². The van der Waals surface area contributed by atoms with E-state index in [1.165, 1.54) is 0 Å². The van der Waals surface area contributed by atoms with Crippen molar-refractivity contribution in [2.24, 2.45) is 11.8 Å². The Morgan fingerprint density at radius 2 is 1.56 bits per heavy atom. The second-order valence-electron chi connectivity index (χ2n) is 11.7. The number of thioether (sulfide) groups is 1. The first kappa shape index (κ1) is 27.5. The molecule has 3 heterocycles. The molecule has 41 heavy (non-hydrogen) atoms. The molecule has 7 nitrogen and oxygen atoms in total. The highest BCUT2D eigenvalue weighted by Gasteiger charge is 2.77. The van der Waals surface area contributed by atoms with Crippen LogP contribution in [0.15, 0.2) is 78.9 Å². The summed E-state index contributed by atoms with van der Waals surface area (Å²) in [5, 5.41) is 16.9. The number of hydrogen-bond donors (Lipinski definition) is 3. The van der Waals surface area contributed by atoms with Gasteiger partial charge >= 0.3 is 0 Å². The van der Waals surface area contributed by atoms with Gasteiger partial charge in [0.2, 0.25) is 17.7 Å². The second-order valence-corrected chi connectivity index (χ2v) is 13.6. The summed E-state index contributed by atoms with van der Waals surface area (Å²) in [7, 11) is 0. The first-order valence-corrected chi connectivity index (χ1v) is 14.9. The first-order chi connectivity index (χ1) is 19.7. The summed E-state index contributed by atoms with van der Waals surface area (Å²) < 4.78 is -1.29. The molecule has 0 aliphatic carbocycles. The fourth-order valence-corrected chi connectivity index (χ4v) is 9.72. The fraction of sp³-hybridized carbons (Fsp3) is 0.364. The molecule has 8 heteroatoms. The highest BCUT2D eigenvalue weighted by atomic mass is 32.2. The van der Waals surface area contributed by atoms with E-state index in [2.05, 4.69) is 17.6 Å². The average molecular weight is 570 g/mol. The number of carbonyl (C=O) groups excluding carboxylic acids is 3. The van der Waals surface area contributed by atoms with E-state index >= 15 is 0 Å². The summed E-state index contributed by atoms with van der Waals surface area (Å²) in [6.45, 7) is 5.61. The normalized spacial score (nSPS) is 28.8. The molecule has 3 amide bonds. The maximum atomic E-state index is 14.6. The maximum absolute atomic E-state index is 14.6. The molecule has 2 bridgehead atoms. The monoisotopic (exact) mass is 569 g/mol. The lowest BCUT2D eigenvalue weighted by Gasteiger charge is -2.37. The molecule has 3 aromatic carbocycles. The molecule has 3 fully saturated rings. The van der Waals surface area contributed by atoms with Crippen molar-refractivity contribution in [1.29, 1.82) is 0 Å². The van der Waals surface area contributed by atoms with E-state index in [1.54, 1.807) is 16.7 Å². The van der Waals surface area contributed by atoms with Crippen molar-refractivity contribution in [3.05, 3.63) is 95.6 Å². The number of aliphatic hydroxyl groups excluding tert-OH is 1. The lowest BCUT2D eigenvalue weighted by atomic mass is 9.66. The van der Waals surface area contributed by atoms with E-state index in [0.29, 0.717) is 18.5 Å². The molecule has 1 spiro atoms. The van der Waals surface area contributed by atoms with Crippen LogP contribution in [0.5, 0.6) is 0 Å². The molecule has 2 unspecified atom stereocenters. The van der Waals surface area contributed by atoms with Gasteiger partial charge in [-0.25, -0.2) is 0 Å². The number of anilines is 2. The van der Waals surface area contributed by atoms with Crippen molar-refractivity contribution in [1.82, 2.24) is 4.90 Å². The molecule has 3 aliphatic rings. The zero-order chi connectivity index (χ0) is 28.9. The van der Waals surface area contributed by atoms with Gasteiger partial charge in [-0.3, -0.25) is 14.4 Å². The molecule has 0 aromatic heterocycles. The van der Waals surface area contributed by atoms with E-state index in [4.69, 9.17) is 0 Å². The van der Waals surface area contributed by atoms with Crippen molar-refractivity contribution >= 4 is 40.9 Å². The molecule has 212 valence electrons. The first-order valence-electron chi connectivity index (χ1n) is 14.1. The van der Waals surface area contributed by atoms with Crippen molar-refractivity contribution in [3.8, 4) is 0 Å². The predicted molar refractivity (Wildman–Crippen MR) is 161 cm³/mol. The van der Waals surface area contributed by atoms with E-state index in [0.717, 1.165) is 22.4 Å². The number of benzene rings is 3. The largest absolute Gasteiger partial charge is 0.394 e. The van der Waals surface area contributed by atoms with Crippen LogP contribution in [0.3, 0.4) is 0 Å². The number of nitrogens with one attached hydrogen (secondary N) is 2. The number of aliphatic hydroxyl groups is 1.